The number of benzene rings is 1. The van der Waals surface area contributed by atoms with Gasteiger partial charge in [0.1, 0.15) is 10.7 Å². The average Bonchev–Trinajstić information content (AvgIpc) is 2.86. The number of hydrogen-bond acceptors (Lipinski definition) is 6. The molecule has 2 heterocycles. The molecule has 9 nitrogen and oxygen atoms in total. The van der Waals surface area contributed by atoms with Crippen molar-refractivity contribution in [3.63, 3.8) is 0 Å². The summed E-state index contributed by atoms with van der Waals surface area (Å²) in [6, 6.07) is 6.84. The average molecular weight is 430 g/mol. The van der Waals surface area contributed by atoms with Crippen molar-refractivity contribution in [1.29, 1.82) is 0 Å². The minimum Gasteiger partial charge on any atom is -0.332 e. The Morgan fingerprint density at radius 1 is 1.20 bits per heavy atom. The van der Waals surface area contributed by atoms with Crippen LogP contribution >= 0.6 is 0 Å². The van der Waals surface area contributed by atoms with Gasteiger partial charge >= 0.3 is 0 Å². The summed E-state index contributed by atoms with van der Waals surface area (Å²) in [6.45, 7) is 4.81. The molecule has 0 unspecified atom stereocenters. The minimum atomic E-state index is -4.02. The summed E-state index contributed by atoms with van der Waals surface area (Å²) in [5.74, 6) is -1.23. The SMILES string of the molecule is Cc1ccnc(NC(=O)CN(C)C(=O)c2ccc3c(c2)S(=O)(=O)N(C(C)C)C3=O)c1. The number of rotatable bonds is 5. The molecule has 158 valence electrons. The number of nitrogens with zero attached hydrogens (tertiary/aromatic N) is 3. The number of carbonyl (C=O) groups excluding carboxylic acids is 3. The number of sulfonamides is 1. The molecule has 0 aliphatic carbocycles. The number of likely N-dealkylation sites (N-methyl/N-ethyl adjacent to an activating group) is 1. The summed E-state index contributed by atoms with van der Waals surface area (Å²) in [4.78, 5) is 42.4. The van der Waals surface area contributed by atoms with E-state index in [-0.39, 0.29) is 22.6 Å². The second-order valence-corrected chi connectivity index (χ2v) is 9.12. The highest BCUT2D eigenvalue weighted by molar-refractivity contribution is 7.90. The summed E-state index contributed by atoms with van der Waals surface area (Å²) < 4.78 is 26.2. The summed E-state index contributed by atoms with van der Waals surface area (Å²) in [5, 5.41) is 2.61. The van der Waals surface area contributed by atoms with Crippen LogP contribution in [0.3, 0.4) is 0 Å². The number of amides is 3. The fourth-order valence-electron chi connectivity index (χ4n) is 3.19. The quantitative estimate of drug-likeness (QED) is 0.771. The Kier molecular flexibility index (Phi) is 5.62. The molecule has 0 bridgehead atoms. The molecule has 0 spiro atoms. The number of hydrogen-bond donors (Lipinski definition) is 1. The third kappa shape index (κ3) is 3.90. The third-order valence-electron chi connectivity index (χ3n) is 4.58. The van der Waals surface area contributed by atoms with E-state index in [4.69, 9.17) is 0 Å². The molecule has 1 aliphatic rings. The predicted molar refractivity (Wildman–Crippen MR) is 109 cm³/mol. The molecule has 0 saturated heterocycles. The first kappa shape index (κ1) is 21.4. The van der Waals surface area contributed by atoms with Crippen molar-refractivity contribution in [3.05, 3.63) is 53.2 Å². The first-order valence-electron chi connectivity index (χ1n) is 9.23. The second kappa shape index (κ2) is 7.86. The lowest BCUT2D eigenvalue weighted by Crippen LogP contribution is -2.36. The fourth-order valence-corrected chi connectivity index (χ4v) is 4.98. The molecule has 1 N–H and O–H groups in total. The molecule has 0 saturated carbocycles. The molecule has 2 aromatic rings. The van der Waals surface area contributed by atoms with Crippen LogP contribution in [-0.4, -0.2) is 60.0 Å². The molecule has 3 rings (SSSR count). The molecule has 0 radical (unpaired) electrons. The Labute approximate surface area is 174 Å². The Bertz CT molecular complexity index is 1140. The highest BCUT2D eigenvalue weighted by atomic mass is 32.2. The lowest BCUT2D eigenvalue weighted by molar-refractivity contribution is -0.116. The van der Waals surface area contributed by atoms with E-state index >= 15 is 0 Å². The van der Waals surface area contributed by atoms with Gasteiger partial charge in [0.2, 0.25) is 5.91 Å². The van der Waals surface area contributed by atoms with E-state index in [2.05, 4.69) is 10.3 Å². The smallest absolute Gasteiger partial charge is 0.269 e. The molecule has 1 aromatic heterocycles. The van der Waals surface area contributed by atoms with Crippen LogP contribution < -0.4 is 5.32 Å². The van der Waals surface area contributed by atoms with Crippen LogP contribution in [0.15, 0.2) is 41.4 Å². The zero-order chi connectivity index (χ0) is 22.2. The third-order valence-corrected chi connectivity index (χ3v) is 6.57. The van der Waals surface area contributed by atoms with Gasteiger partial charge in [0.05, 0.1) is 12.1 Å². The van der Waals surface area contributed by atoms with Gasteiger partial charge in [-0.15, -0.1) is 0 Å². The molecule has 30 heavy (non-hydrogen) atoms. The highest BCUT2D eigenvalue weighted by Gasteiger charge is 2.43. The van der Waals surface area contributed by atoms with Crippen molar-refractivity contribution >= 4 is 33.6 Å². The topological polar surface area (TPSA) is 117 Å². The predicted octanol–water partition coefficient (Wildman–Crippen LogP) is 1.65. The molecular formula is C20H22N4O5S. The van der Waals surface area contributed by atoms with E-state index in [1.807, 2.05) is 6.92 Å². The van der Waals surface area contributed by atoms with E-state index in [0.717, 1.165) is 14.8 Å². The summed E-state index contributed by atoms with van der Waals surface area (Å²) in [5.41, 5.74) is 1.03. The normalized spacial score (nSPS) is 14.6. The van der Waals surface area contributed by atoms with Crippen LogP contribution in [0.25, 0.3) is 0 Å². The van der Waals surface area contributed by atoms with Gasteiger partial charge in [-0.1, -0.05) is 0 Å². The highest BCUT2D eigenvalue weighted by Crippen LogP contribution is 2.32. The van der Waals surface area contributed by atoms with E-state index < -0.39 is 33.8 Å². The van der Waals surface area contributed by atoms with Crippen LogP contribution in [0.5, 0.6) is 0 Å². The number of fused-ring (bicyclic) bond motifs is 1. The van der Waals surface area contributed by atoms with Crippen molar-refractivity contribution in [1.82, 2.24) is 14.2 Å². The zero-order valence-corrected chi connectivity index (χ0v) is 17.9. The number of nitrogens with one attached hydrogen (secondary N) is 1. The molecule has 3 amide bonds. The minimum absolute atomic E-state index is 0.0335. The zero-order valence-electron chi connectivity index (χ0n) is 17.0. The maximum atomic E-state index is 12.7. The molecule has 1 aliphatic heterocycles. The van der Waals surface area contributed by atoms with Crippen LogP contribution in [0, 0.1) is 6.92 Å². The number of aryl methyl sites for hydroxylation is 1. The summed E-state index contributed by atoms with van der Waals surface area (Å²) in [6.07, 6.45) is 1.56. The maximum Gasteiger partial charge on any atom is 0.269 e. The van der Waals surface area contributed by atoms with Gasteiger partial charge in [-0.25, -0.2) is 17.7 Å². The van der Waals surface area contributed by atoms with Crippen molar-refractivity contribution < 1.29 is 22.8 Å². The molecule has 1 aromatic carbocycles. The second-order valence-electron chi connectivity index (χ2n) is 7.34. The maximum absolute atomic E-state index is 12.7. The van der Waals surface area contributed by atoms with Gasteiger partial charge in [-0.05, 0) is 56.7 Å². The number of anilines is 1. The standard InChI is InChI=1S/C20H22N4O5S/c1-12(2)24-20(27)15-6-5-14(10-16(15)30(24,28)29)19(26)23(4)11-18(25)22-17-9-13(3)7-8-21-17/h5-10,12H,11H2,1-4H3,(H,21,22,25). The van der Waals surface area contributed by atoms with E-state index in [1.54, 1.807) is 32.2 Å². The molecular weight excluding hydrogens is 408 g/mol. The van der Waals surface area contributed by atoms with Gasteiger partial charge < -0.3 is 10.2 Å². The van der Waals surface area contributed by atoms with Crippen LogP contribution in [-0.2, 0) is 14.8 Å². The summed E-state index contributed by atoms with van der Waals surface area (Å²) >= 11 is 0. The van der Waals surface area contributed by atoms with E-state index in [0.29, 0.717) is 5.82 Å². The van der Waals surface area contributed by atoms with Gasteiger partial charge in [0.25, 0.3) is 21.8 Å². The van der Waals surface area contributed by atoms with E-state index in [9.17, 15) is 22.8 Å². The lowest BCUT2D eigenvalue weighted by atomic mass is 10.1. The number of carbonyl (C=O) groups is 3. The van der Waals surface area contributed by atoms with Crippen molar-refractivity contribution in [3.8, 4) is 0 Å². The Balaban J connectivity index is 1.77. The number of aromatic nitrogens is 1. The monoisotopic (exact) mass is 430 g/mol. The fraction of sp³-hybridized carbons (Fsp3) is 0.300. The summed E-state index contributed by atoms with van der Waals surface area (Å²) in [7, 11) is -2.59. The van der Waals surface area contributed by atoms with Crippen molar-refractivity contribution in [2.24, 2.45) is 0 Å². The first-order chi connectivity index (χ1) is 14.0. The largest absolute Gasteiger partial charge is 0.332 e. The lowest BCUT2D eigenvalue weighted by Gasteiger charge is -2.19. The van der Waals surface area contributed by atoms with Gasteiger partial charge in [-0.2, -0.15) is 0 Å². The van der Waals surface area contributed by atoms with Crippen molar-refractivity contribution in [2.75, 3.05) is 18.9 Å². The molecule has 0 atom stereocenters. The first-order valence-corrected chi connectivity index (χ1v) is 10.7. The van der Waals surface area contributed by atoms with Crippen LogP contribution in [0.2, 0.25) is 0 Å². The molecule has 0 fully saturated rings. The molecule has 10 heteroatoms. The number of pyridine rings is 1. The van der Waals surface area contributed by atoms with Gasteiger partial charge in [0.15, 0.2) is 0 Å². The Morgan fingerprint density at radius 2 is 1.90 bits per heavy atom. The van der Waals surface area contributed by atoms with Gasteiger partial charge in [0, 0.05) is 24.8 Å². The Morgan fingerprint density at radius 3 is 2.53 bits per heavy atom. The van der Waals surface area contributed by atoms with Crippen LogP contribution in [0.1, 0.15) is 40.1 Å². The Hall–Kier alpha value is -3.27. The van der Waals surface area contributed by atoms with Crippen molar-refractivity contribution in [2.45, 2.75) is 31.7 Å². The van der Waals surface area contributed by atoms with E-state index in [1.165, 1.54) is 25.2 Å². The van der Waals surface area contributed by atoms with Crippen LogP contribution in [0.4, 0.5) is 5.82 Å². The van der Waals surface area contributed by atoms with Gasteiger partial charge in [-0.3, -0.25) is 14.4 Å².